The Balaban J connectivity index is 1.67. The summed E-state index contributed by atoms with van der Waals surface area (Å²) >= 11 is 0. The van der Waals surface area contributed by atoms with Crippen LogP contribution in [0.3, 0.4) is 0 Å². The molecule has 0 saturated carbocycles. The molecular formula is C23H24NO6-. The van der Waals surface area contributed by atoms with E-state index >= 15 is 0 Å². The number of likely N-dealkylation sites (tertiary alicyclic amines) is 1. The van der Waals surface area contributed by atoms with Crippen molar-refractivity contribution < 1.29 is 23.5 Å². The number of amides is 1. The van der Waals surface area contributed by atoms with Crippen LogP contribution in [0.15, 0.2) is 26.0 Å². The molecule has 1 atom stereocenters. The molecule has 1 amide bonds. The van der Waals surface area contributed by atoms with Gasteiger partial charge in [0.05, 0.1) is 18.3 Å². The van der Waals surface area contributed by atoms with Crippen molar-refractivity contribution in [3.05, 3.63) is 45.0 Å². The van der Waals surface area contributed by atoms with Crippen LogP contribution in [0.5, 0.6) is 0 Å². The number of carboxylic acids is 1. The van der Waals surface area contributed by atoms with E-state index in [0.29, 0.717) is 29.7 Å². The lowest BCUT2D eigenvalue weighted by molar-refractivity contribution is -0.312. The van der Waals surface area contributed by atoms with Crippen molar-refractivity contribution in [1.29, 1.82) is 0 Å². The molecule has 2 aromatic heterocycles. The summed E-state index contributed by atoms with van der Waals surface area (Å²) in [6.07, 6.45) is 3.86. The number of hydrogen-bond acceptors (Lipinski definition) is 6. The summed E-state index contributed by atoms with van der Waals surface area (Å²) < 4.78 is 11.2. The number of carbonyl (C=O) groups is 2. The van der Waals surface area contributed by atoms with Gasteiger partial charge in [-0.1, -0.05) is 0 Å². The van der Waals surface area contributed by atoms with Gasteiger partial charge in [0, 0.05) is 34.9 Å². The van der Waals surface area contributed by atoms with Crippen molar-refractivity contribution in [2.45, 2.75) is 58.9 Å². The Kier molecular flexibility index (Phi) is 5.13. The van der Waals surface area contributed by atoms with Gasteiger partial charge in [-0.25, -0.2) is 4.79 Å². The zero-order valence-corrected chi connectivity index (χ0v) is 17.4. The molecule has 7 nitrogen and oxygen atoms in total. The van der Waals surface area contributed by atoms with E-state index < -0.39 is 17.6 Å². The van der Waals surface area contributed by atoms with E-state index in [1.165, 1.54) is 4.90 Å². The first-order chi connectivity index (χ1) is 14.3. The number of aryl methyl sites for hydroxylation is 3. The van der Waals surface area contributed by atoms with Crippen LogP contribution >= 0.6 is 0 Å². The van der Waals surface area contributed by atoms with Crippen LogP contribution < -0.4 is 10.7 Å². The SMILES string of the molecule is Cc1coc2c(C)c3oc(=O)c(CCC(=O)N4CCCCC4C(=O)[O-])c(C)c3cc12. The maximum absolute atomic E-state index is 12.7. The molecule has 0 bridgehead atoms. The quantitative estimate of drug-likeness (QED) is 0.612. The Labute approximate surface area is 173 Å². The highest BCUT2D eigenvalue weighted by Crippen LogP contribution is 2.32. The van der Waals surface area contributed by atoms with Gasteiger partial charge in [0.15, 0.2) is 0 Å². The molecule has 3 heterocycles. The summed E-state index contributed by atoms with van der Waals surface area (Å²) in [7, 11) is 0. The minimum Gasteiger partial charge on any atom is -0.548 e. The van der Waals surface area contributed by atoms with Gasteiger partial charge in [0.1, 0.15) is 11.2 Å². The molecule has 0 radical (unpaired) electrons. The van der Waals surface area contributed by atoms with Crippen LogP contribution in [0, 0.1) is 20.8 Å². The molecule has 7 heteroatoms. The fraction of sp³-hybridized carbons (Fsp3) is 0.435. The van der Waals surface area contributed by atoms with Crippen molar-refractivity contribution in [3.63, 3.8) is 0 Å². The van der Waals surface area contributed by atoms with Crippen LogP contribution in [-0.4, -0.2) is 29.4 Å². The zero-order valence-electron chi connectivity index (χ0n) is 17.4. The standard InChI is InChI=1S/C23H25NO6/c1-12-11-29-20-14(3)21-17(10-16(12)20)13(2)15(23(28)30-21)7-8-19(25)24-9-5-4-6-18(24)22(26)27/h10-11,18H,4-9H2,1-3H3,(H,26,27)/p-1. The van der Waals surface area contributed by atoms with Gasteiger partial charge in [-0.05, 0) is 63.6 Å². The maximum Gasteiger partial charge on any atom is 0.339 e. The predicted molar refractivity (Wildman–Crippen MR) is 109 cm³/mol. The molecule has 1 aromatic carbocycles. The molecule has 3 aromatic rings. The monoisotopic (exact) mass is 410 g/mol. The van der Waals surface area contributed by atoms with Crippen LogP contribution in [-0.2, 0) is 16.0 Å². The minimum absolute atomic E-state index is 0.0485. The van der Waals surface area contributed by atoms with E-state index in [2.05, 4.69) is 0 Å². The molecule has 0 N–H and O–H groups in total. The number of piperidine rings is 1. The number of aliphatic carboxylic acids is 1. The number of hydrogen-bond donors (Lipinski definition) is 0. The smallest absolute Gasteiger partial charge is 0.339 e. The summed E-state index contributed by atoms with van der Waals surface area (Å²) in [5, 5.41) is 13.1. The Bertz CT molecular complexity index is 1220. The second-order valence-electron chi connectivity index (χ2n) is 8.08. The van der Waals surface area contributed by atoms with Crippen molar-refractivity contribution in [2.24, 2.45) is 0 Å². The summed E-state index contributed by atoms with van der Waals surface area (Å²) in [5.41, 5.74) is 3.69. The van der Waals surface area contributed by atoms with Gasteiger partial charge in [-0.2, -0.15) is 0 Å². The molecular weight excluding hydrogens is 386 g/mol. The number of benzene rings is 1. The van der Waals surface area contributed by atoms with Crippen LogP contribution in [0.25, 0.3) is 21.9 Å². The number of rotatable bonds is 4. The number of fused-ring (bicyclic) bond motifs is 2. The number of carboxylic acid groups (broad SMARTS) is 1. The minimum atomic E-state index is -1.22. The summed E-state index contributed by atoms with van der Waals surface area (Å²) in [6, 6.07) is 1.07. The molecule has 1 aliphatic rings. The van der Waals surface area contributed by atoms with E-state index in [0.717, 1.165) is 40.3 Å². The fourth-order valence-corrected chi connectivity index (χ4v) is 4.46. The van der Waals surface area contributed by atoms with Gasteiger partial charge in [-0.15, -0.1) is 0 Å². The van der Waals surface area contributed by atoms with E-state index in [-0.39, 0.29) is 18.7 Å². The number of furan rings is 1. The lowest BCUT2D eigenvalue weighted by Gasteiger charge is -2.36. The highest BCUT2D eigenvalue weighted by atomic mass is 16.4. The molecule has 1 saturated heterocycles. The second kappa shape index (κ2) is 7.63. The first-order valence-corrected chi connectivity index (χ1v) is 10.2. The average molecular weight is 410 g/mol. The second-order valence-corrected chi connectivity index (χ2v) is 8.08. The normalized spacial score (nSPS) is 17.0. The molecule has 0 spiro atoms. The molecule has 30 heavy (non-hydrogen) atoms. The molecule has 1 unspecified atom stereocenters. The van der Waals surface area contributed by atoms with Crippen molar-refractivity contribution in [3.8, 4) is 0 Å². The summed E-state index contributed by atoms with van der Waals surface area (Å²) in [6.45, 7) is 6.07. The summed E-state index contributed by atoms with van der Waals surface area (Å²) in [5.74, 6) is -1.50. The number of nitrogens with zero attached hydrogens (tertiary/aromatic N) is 1. The van der Waals surface area contributed by atoms with Crippen LogP contribution in [0.1, 0.15) is 47.9 Å². The van der Waals surface area contributed by atoms with E-state index in [1.807, 2.05) is 26.8 Å². The van der Waals surface area contributed by atoms with Crippen molar-refractivity contribution in [2.75, 3.05) is 6.54 Å². The first-order valence-electron chi connectivity index (χ1n) is 10.2. The largest absolute Gasteiger partial charge is 0.548 e. The van der Waals surface area contributed by atoms with E-state index in [9.17, 15) is 19.5 Å². The zero-order chi connectivity index (χ0) is 21.6. The van der Waals surface area contributed by atoms with Crippen molar-refractivity contribution >= 4 is 33.8 Å². The Morgan fingerprint density at radius 2 is 1.90 bits per heavy atom. The molecule has 0 aliphatic carbocycles. The van der Waals surface area contributed by atoms with E-state index in [1.54, 1.807) is 6.26 Å². The average Bonchev–Trinajstić information content (AvgIpc) is 3.09. The van der Waals surface area contributed by atoms with E-state index in [4.69, 9.17) is 8.83 Å². The van der Waals surface area contributed by atoms with Gasteiger partial charge in [0.25, 0.3) is 0 Å². The summed E-state index contributed by atoms with van der Waals surface area (Å²) in [4.78, 5) is 38.1. The van der Waals surface area contributed by atoms with Gasteiger partial charge < -0.3 is 23.6 Å². The van der Waals surface area contributed by atoms with Crippen LogP contribution in [0.4, 0.5) is 0 Å². The lowest BCUT2D eigenvalue weighted by Crippen LogP contribution is -2.52. The fourth-order valence-electron chi connectivity index (χ4n) is 4.46. The van der Waals surface area contributed by atoms with Gasteiger partial charge in [-0.3, -0.25) is 4.79 Å². The van der Waals surface area contributed by atoms with Gasteiger partial charge in [0.2, 0.25) is 5.91 Å². The molecule has 1 fully saturated rings. The lowest BCUT2D eigenvalue weighted by atomic mass is 9.97. The Hall–Kier alpha value is -3.09. The predicted octanol–water partition coefficient (Wildman–Crippen LogP) is 2.53. The third kappa shape index (κ3) is 3.28. The number of carbonyl (C=O) groups excluding carboxylic acids is 2. The third-order valence-corrected chi connectivity index (χ3v) is 6.22. The molecule has 158 valence electrons. The highest BCUT2D eigenvalue weighted by Gasteiger charge is 2.27. The van der Waals surface area contributed by atoms with Gasteiger partial charge >= 0.3 is 5.63 Å². The molecule has 1 aliphatic heterocycles. The first kappa shape index (κ1) is 20.2. The third-order valence-electron chi connectivity index (χ3n) is 6.22. The molecule has 4 rings (SSSR count). The Morgan fingerprint density at radius 1 is 1.13 bits per heavy atom. The highest BCUT2D eigenvalue weighted by molar-refractivity contribution is 5.99. The van der Waals surface area contributed by atoms with Crippen LogP contribution in [0.2, 0.25) is 0 Å². The Morgan fingerprint density at radius 3 is 2.63 bits per heavy atom. The van der Waals surface area contributed by atoms with Crippen molar-refractivity contribution in [1.82, 2.24) is 4.90 Å². The topological polar surface area (TPSA) is 104 Å². The maximum atomic E-state index is 12.7.